The van der Waals surface area contributed by atoms with E-state index in [0.717, 1.165) is 31.0 Å². The monoisotopic (exact) mass is 255 g/mol. The summed E-state index contributed by atoms with van der Waals surface area (Å²) in [6.45, 7) is 7.03. The van der Waals surface area contributed by atoms with E-state index in [2.05, 4.69) is 19.2 Å². The fourth-order valence-corrected chi connectivity index (χ4v) is 1.72. The average Bonchev–Trinajstić information content (AvgIpc) is 2.34. The minimum Gasteiger partial charge on any atom is -0.374 e. The Hall–Kier alpha value is -0.570. The molecule has 2 nitrogen and oxygen atoms in total. The van der Waals surface area contributed by atoms with Crippen molar-refractivity contribution in [3.05, 3.63) is 34.9 Å². The molecule has 1 aromatic rings. The number of nitrogens with one attached hydrogen (secondary N) is 1. The molecule has 1 unspecified atom stereocenters. The molecule has 1 aromatic carbocycles. The summed E-state index contributed by atoms with van der Waals surface area (Å²) in [6, 6.07) is 7.81. The smallest absolute Gasteiger partial charge is 0.0720 e. The van der Waals surface area contributed by atoms with E-state index in [-0.39, 0.29) is 0 Å². The van der Waals surface area contributed by atoms with Crippen molar-refractivity contribution in [3.63, 3.8) is 0 Å². The Kier molecular flexibility index (Phi) is 7.25. The van der Waals surface area contributed by atoms with E-state index >= 15 is 0 Å². The lowest BCUT2D eigenvalue weighted by Gasteiger charge is -2.13. The molecule has 0 aliphatic heterocycles. The fraction of sp³-hybridized carbons (Fsp3) is 0.571. The highest BCUT2D eigenvalue weighted by Gasteiger charge is 2.02. The second kappa shape index (κ2) is 8.51. The molecule has 1 rings (SSSR count). The molecule has 0 saturated carbocycles. The highest BCUT2D eigenvalue weighted by molar-refractivity contribution is 6.30. The van der Waals surface area contributed by atoms with Crippen LogP contribution in [0.2, 0.25) is 5.02 Å². The summed E-state index contributed by atoms with van der Waals surface area (Å²) in [6.07, 6.45) is 2.57. The van der Waals surface area contributed by atoms with Crippen molar-refractivity contribution >= 4 is 11.6 Å². The normalized spacial score (nSPS) is 12.6. The molecule has 0 spiro atoms. The predicted octanol–water partition coefficient (Wildman–Crippen LogP) is 3.63. The summed E-state index contributed by atoms with van der Waals surface area (Å²) < 4.78 is 5.78. The van der Waals surface area contributed by atoms with Gasteiger partial charge in [0.15, 0.2) is 0 Å². The number of hydrogen-bond acceptors (Lipinski definition) is 2. The molecule has 0 aliphatic rings. The fourth-order valence-electron chi connectivity index (χ4n) is 1.59. The zero-order valence-electron chi connectivity index (χ0n) is 10.7. The van der Waals surface area contributed by atoms with Gasteiger partial charge in [-0.25, -0.2) is 0 Å². The molecule has 96 valence electrons. The van der Waals surface area contributed by atoms with Gasteiger partial charge in [0.05, 0.1) is 12.7 Å². The maximum absolute atomic E-state index is 5.82. The standard InChI is InChI=1S/C14H22ClNO/c1-3-16-10-4-5-12(2)17-11-13-6-8-14(15)9-7-13/h6-9,12,16H,3-5,10-11H2,1-2H3. The molecular weight excluding hydrogens is 234 g/mol. The van der Waals surface area contributed by atoms with Crippen LogP contribution in [-0.4, -0.2) is 19.2 Å². The summed E-state index contributed by atoms with van der Waals surface area (Å²) in [5.41, 5.74) is 1.17. The van der Waals surface area contributed by atoms with Crippen molar-refractivity contribution in [3.8, 4) is 0 Å². The van der Waals surface area contributed by atoms with Crippen molar-refractivity contribution in [2.75, 3.05) is 13.1 Å². The predicted molar refractivity (Wildman–Crippen MR) is 73.5 cm³/mol. The van der Waals surface area contributed by atoms with Gasteiger partial charge in [-0.05, 0) is 50.6 Å². The Morgan fingerprint density at radius 2 is 2.00 bits per heavy atom. The quantitative estimate of drug-likeness (QED) is 0.717. The van der Waals surface area contributed by atoms with Gasteiger partial charge in [0.25, 0.3) is 0 Å². The largest absolute Gasteiger partial charge is 0.374 e. The number of rotatable bonds is 8. The first-order valence-electron chi connectivity index (χ1n) is 6.29. The maximum atomic E-state index is 5.82. The SMILES string of the molecule is CCNCCCC(C)OCc1ccc(Cl)cc1. The summed E-state index contributed by atoms with van der Waals surface area (Å²) >= 11 is 5.82. The van der Waals surface area contributed by atoms with Crippen LogP contribution in [0.25, 0.3) is 0 Å². The maximum Gasteiger partial charge on any atom is 0.0720 e. The molecule has 17 heavy (non-hydrogen) atoms. The topological polar surface area (TPSA) is 21.3 Å². The zero-order valence-corrected chi connectivity index (χ0v) is 11.5. The van der Waals surface area contributed by atoms with Gasteiger partial charge in [-0.3, -0.25) is 0 Å². The Balaban J connectivity index is 2.14. The third-order valence-corrected chi connectivity index (χ3v) is 2.91. The Bertz CT molecular complexity index is 300. The van der Waals surface area contributed by atoms with E-state index in [0.29, 0.717) is 12.7 Å². The van der Waals surface area contributed by atoms with Crippen LogP contribution in [0.3, 0.4) is 0 Å². The van der Waals surface area contributed by atoms with Gasteiger partial charge >= 0.3 is 0 Å². The molecule has 0 saturated heterocycles. The number of hydrogen-bond donors (Lipinski definition) is 1. The van der Waals surface area contributed by atoms with Crippen LogP contribution < -0.4 is 5.32 Å². The molecule has 0 aromatic heterocycles. The summed E-state index contributed by atoms with van der Waals surface area (Å²) in [4.78, 5) is 0. The zero-order chi connectivity index (χ0) is 12.5. The number of halogens is 1. The lowest BCUT2D eigenvalue weighted by atomic mass is 10.2. The summed E-state index contributed by atoms with van der Waals surface area (Å²) in [7, 11) is 0. The van der Waals surface area contributed by atoms with Crippen LogP contribution in [0, 0.1) is 0 Å². The van der Waals surface area contributed by atoms with E-state index in [1.165, 1.54) is 5.56 Å². The van der Waals surface area contributed by atoms with Gasteiger partial charge in [0, 0.05) is 5.02 Å². The lowest BCUT2D eigenvalue weighted by molar-refractivity contribution is 0.0464. The van der Waals surface area contributed by atoms with Crippen molar-refractivity contribution in [1.82, 2.24) is 5.32 Å². The minimum absolute atomic E-state index is 0.310. The van der Waals surface area contributed by atoms with E-state index in [1.807, 2.05) is 24.3 Å². The molecule has 0 heterocycles. The Morgan fingerprint density at radius 3 is 2.65 bits per heavy atom. The second-order valence-electron chi connectivity index (χ2n) is 4.24. The average molecular weight is 256 g/mol. The highest BCUT2D eigenvalue weighted by Crippen LogP contribution is 2.12. The molecular formula is C14H22ClNO. The van der Waals surface area contributed by atoms with Crippen LogP contribution in [0.5, 0.6) is 0 Å². The third kappa shape index (κ3) is 6.67. The number of ether oxygens (including phenoxy) is 1. The molecule has 0 fully saturated rings. The summed E-state index contributed by atoms with van der Waals surface area (Å²) in [5, 5.41) is 4.08. The van der Waals surface area contributed by atoms with Crippen molar-refractivity contribution in [2.24, 2.45) is 0 Å². The summed E-state index contributed by atoms with van der Waals surface area (Å²) in [5.74, 6) is 0. The van der Waals surface area contributed by atoms with Crippen molar-refractivity contribution < 1.29 is 4.74 Å². The molecule has 0 radical (unpaired) electrons. The van der Waals surface area contributed by atoms with Crippen LogP contribution in [0.4, 0.5) is 0 Å². The first-order valence-corrected chi connectivity index (χ1v) is 6.67. The molecule has 3 heteroatoms. The minimum atomic E-state index is 0.310. The lowest BCUT2D eigenvalue weighted by Crippen LogP contribution is -2.16. The Morgan fingerprint density at radius 1 is 1.29 bits per heavy atom. The highest BCUT2D eigenvalue weighted by atomic mass is 35.5. The van der Waals surface area contributed by atoms with Gasteiger partial charge in [-0.15, -0.1) is 0 Å². The molecule has 1 N–H and O–H groups in total. The second-order valence-corrected chi connectivity index (χ2v) is 4.68. The van der Waals surface area contributed by atoms with Gasteiger partial charge in [0.1, 0.15) is 0 Å². The molecule has 1 atom stereocenters. The Labute approximate surface area is 109 Å². The van der Waals surface area contributed by atoms with Crippen LogP contribution in [0.15, 0.2) is 24.3 Å². The third-order valence-electron chi connectivity index (χ3n) is 2.66. The van der Waals surface area contributed by atoms with Crippen molar-refractivity contribution in [1.29, 1.82) is 0 Å². The molecule has 0 bridgehead atoms. The van der Waals surface area contributed by atoms with Crippen LogP contribution >= 0.6 is 11.6 Å². The van der Waals surface area contributed by atoms with Crippen molar-refractivity contribution in [2.45, 2.75) is 39.4 Å². The first kappa shape index (κ1) is 14.5. The van der Waals surface area contributed by atoms with E-state index in [4.69, 9.17) is 16.3 Å². The van der Waals surface area contributed by atoms with Crippen LogP contribution in [0.1, 0.15) is 32.3 Å². The van der Waals surface area contributed by atoms with Gasteiger partial charge in [0.2, 0.25) is 0 Å². The first-order chi connectivity index (χ1) is 8.22. The van der Waals surface area contributed by atoms with E-state index in [1.54, 1.807) is 0 Å². The molecule has 0 aliphatic carbocycles. The van der Waals surface area contributed by atoms with E-state index < -0.39 is 0 Å². The van der Waals surface area contributed by atoms with Crippen LogP contribution in [-0.2, 0) is 11.3 Å². The molecule has 0 amide bonds. The van der Waals surface area contributed by atoms with Gasteiger partial charge in [-0.1, -0.05) is 30.7 Å². The van der Waals surface area contributed by atoms with E-state index in [9.17, 15) is 0 Å². The number of benzene rings is 1. The van der Waals surface area contributed by atoms with Gasteiger partial charge in [-0.2, -0.15) is 0 Å². The van der Waals surface area contributed by atoms with Gasteiger partial charge < -0.3 is 10.1 Å².